The van der Waals surface area contributed by atoms with Gasteiger partial charge in [0.05, 0.1) is 12.3 Å². The summed E-state index contributed by atoms with van der Waals surface area (Å²) in [5.41, 5.74) is 1.87. The van der Waals surface area contributed by atoms with Crippen LogP contribution in [0.2, 0.25) is 0 Å². The number of furan rings is 1. The highest BCUT2D eigenvalue weighted by molar-refractivity contribution is 9.10. The number of rotatable bonds is 5. The average Bonchev–Trinajstić information content (AvgIpc) is 2.77. The first-order valence-electron chi connectivity index (χ1n) is 5.94. The molecule has 0 aliphatic carbocycles. The van der Waals surface area contributed by atoms with E-state index in [0.717, 1.165) is 24.1 Å². The highest BCUT2D eigenvalue weighted by atomic mass is 79.9. The smallest absolute Gasteiger partial charge is 0.174 e. The van der Waals surface area contributed by atoms with Gasteiger partial charge in [-0.25, -0.2) is 4.39 Å². The lowest BCUT2D eigenvalue weighted by molar-refractivity contribution is 0.522. The minimum Gasteiger partial charge on any atom is -0.457 e. The van der Waals surface area contributed by atoms with Gasteiger partial charge in [0.2, 0.25) is 0 Å². The first-order valence-corrected chi connectivity index (χ1v) is 6.73. The molecule has 0 amide bonds. The third-order valence-corrected chi connectivity index (χ3v) is 3.38. The molecule has 0 aliphatic heterocycles. The second-order valence-corrected chi connectivity index (χ2v) is 4.81. The molecule has 1 N–H and O–H groups in total. The Balaban J connectivity index is 2.33. The standard InChI is InChI=1S/C14H15BrFNO/c1-2-7-17-13(12-6-8-18-14(12)15)10-4-3-5-11(16)9-10/h3-6,8-9,13,17H,2,7H2,1H3. The summed E-state index contributed by atoms with van der Waals surface area (Å²) in [6.07, 6.45) is 2.64. The maximum absolute atomic E-state index is 13.3. The summed E-state index contributed by atoms with van der Waals surface area (Å²) in [7, 11) is 0. The summed E-state index contributed by atoms with van der Waals surface area (Å²) < 4.78 is 19.3. The van der Waals surface area contributed by atoms with Crippen molar-refractivity contribution in [3.8, 4) is 0 Å². The first-order chi connectivity index (χ1) is 8.72. The summed E-state index contributed by atoms with van der Waals surface area (Å²) in [6, 6.07) is 8.46. The quantitative estimate of drug-likeness (QED) is 0.892. The van der Waals surface area contributed by atoms with Gasteiger partial charge >= 0.3 is 0 Å². The molecule has 0 bridgehead atoms. The molecule has 4 heteroatoms. The zero-order valence-electron chi connectivity index (χ0n) is 10.1. The van der Waals surface area contributed by atoms with Gasteiger partial charge in [0.25, 0.3) is 0 Å². The average molecular weight is 312 g/mol. The van der Waals surface area contributed by atoms with Crippen molar-refractivity contribution in [3.05, 3.63) is 58.2 Å². The molecule has 1 unspecified atom stereocenters. The van der Waals surface area contributed by atoms with E-state index in [0.29, 0.717) is 4.67 Å². The molecular weight excluding hydrogens is 297 g/mol. The van der Waals surface area contributed by atoms with Crippen LogP contribution in [0, 0.1) is 5.82 Å². The molecule has 0 fully saturated rings. The topological polar surface area (TPSA) is 25.2 Å². The maximum Gasteiger partial charge on any atom is 0.174 e. The van der Waals surface area contributed by atoms with E-state index >= 15 is 0 Å². The molecular formula is C14H15BrFNO. The second kappa shape index (κ2) is 6.16. The van der Waals surface area contributed by atoms with Crippen LogP contribution in [0.4, 0.5) is 4.39 Å². The third kappa shape index (κ3) is 3.00. The molecule has 1 atom stereocenters. The zero-order valence-corrected chi connectivity index (χ0v) is 11.7. The fourth-order valence-corrected chi connectivity index (χ4v) is 2.36. The van der Waals surface area contributed by atoms with Crippen LogP contribution in [-0.4, -0.2) is 6.54 Å². The second-order valence-electron chi connectivity index (χ2n) is 4.09. The fourth-order valence-electron chi connectivity index (χ4n) is 1.89. The van der Waals surface area contributed by atoms with Gasteiger partial charge < -0.3 is 9.73 Å². The van der Waals surface area contributed by atoms with Crippen molar-refractivity contribution in [2.24, 2.45) is 0 Å². The molecule has 1 heterocycles. The summed E-state index contributed by atoms with van der Waals surface area (Å²) in [5, 5.41) is 3.40. The number of hydrogen-bond donors (Lipinski definition) is 1. The predicted octanol–water partition coefficient (Wildman–Crippen LogP) is 4.27. The van der Waals surface area contributed by atoms with Crippen LogP contribution in [-0.2, 0) is 0 Å². The van der Waals surface area contributed by atoms with Crippen LogP contribution in [0.1, 0.15) is 30.5 Å². The Labute approximate surface area is 114 Å². The van der Waals surface area contributed by atoms with Crippen LogP contribution >= 0.6 is 15.9 Å². The van der Waals surface area contributed by atoms with Gasteiger partial charge in [-0.1, -0.05) is 19.1 Å². The van der Waals surface area contributed by atoms with Crippen LogP contribution < -0.4 is 5.32 Å². The van der Waals surface area contributed by atoms with Crippen molar-refractivity contribution >= 4 is 15.9 Å². The number of hydrogen-bond acceptors (Lipinski definition) is 2. The molecule has 0 saturated carbocycles. The van der Waals surface area contributed by atoms with E-state index in [4.69, 9.17) is 4.42 Å². The number of benzene rings is 1. The van der Waals surface area contributed by atoms with Crippen LogP contribution in [0.15, 0.2) is 45.7 Å². The lowest BCUT2D eigenvalue weighted by Crippen LogP contribution is -2.23. The first kappa shape index (κ1) is 13.3. The van der Waals surface area contributed by atoms with Gasteiger partial charge in [0.1, 0.15) is 5.82 Å². The Bertz CT molecular complexity index is 512. The Kier molecular flexibility index (Phi) is 4.55. The lowest BCUT2D eigenvalue weighted by Gasteiger charge is -2.18. The monoisotopic (exact) mass is 311 g/mol. The fraction of sp³-hybridized carbons (Fsp3) is 0.286. The number of nitrogens with one attached hydrogen (secondary N) is 1. The van der Waals surface area contributed by atoms with E-state index in [1.165, 1.54) is 6.07 Å². The molecule has 96 valence electrons. The molecule has 1 aromatic carbocycles. The summed E-state index contributed by atoms with van der Waals surface area (Å²) >= 11 is 3.37. The van der Waals surface area contributed by atoms with E-state index in [1.54, 1.807) is 18.4 Å². The molecule has 0 aliphatic rings. The molecule has 2 aromatic rings. The van der Waals surface area contributed by atoms with E-state index in [2.05, 4.69) is 28.2 Å². The molecule has 2 nitrogen and oxygen atoms in total. The van der Waals surface area contributed by atoms with Gasteiger partial charge in [-0.3, -0.25) is 0 Å². The largest absolute Gasteiger partial charge is 0.457 e. The Morgan fingerprint density at radius 2 is 2.22 bits per heavy atom. The molecule has 1 aromatic heterocycles. The van der Waals surface area contributed by atoms with Gasteiger partial charge in [-0.2, -0.15) is 0 Å². The minimum atomic E-state index is -0.226. The highest BCUT2D eigenvalue weighted by Crippen LogP contribution is 2.29. The van der Waals surface area contributed by atoms with Crippen LogP contribution in [0.3, 0.4) is 0 Å². The molecule has 0 spiro atoms. The van der Waals surface area contributed by atoms with Gasteiger partial charge in [0.15, 0.2) is 4.67 Å². The van der Waals surface area contributed by atoms with Crippen molar-refractivity contribution in [1.82, 2.24) is 5.32 Å². The van der Waals surface area contributed by atoms with E-state index in [1.807, 2.05) is 12.1 Å². The summed E-state index contributed by atoms with van der Waals surface area (Å²) in [6.45, 7) is 2.96. The van der Waals surface area contributed by atoms with Crippen LogP contribution in [0.5, 0.6) is 0 Å². The van der Waals surface area contributed by atoms with Crippen molar-refractivity contribution in [3.63, 3.8) is 0 Å². The Hall–Kier alpha value is -1.13. The van der Waals surface area contributed by atoms with Crippen molar-refractivity contribution in [1.29, 1.82) is 0 Å². The summed E-state index contributed by atoms with van der Waals surface area (Å²) in [5.74, 6) is -0.226. The maximum atomic E-state index is 13.3. The normalized spacial score (nSPS) is 12.6. The van der Waals surface area contributed by atoms with Gasteiger partial charge in [-0.15, -0.1) is 0 Å². The molecule has 18 heavy (non-hydrogen) atoms. The third-order valence-electron chi connectivity index (χ3n) is 2.74. The number of halogens is 2. The molecule has 0 saturated heterocycles. The zero-order chi connectivity index (χ0) is 13.0. The van der Waals surface area contributed by atoms with Gasteiger partial charge in [0, 0.05) is 5.56 Å². The van der Waals surface area contributed by atoms with Crippen molar-refractivity contribution < 1.29 is 8.81 Å². The van der Waals surface area contributed by atoms with Crippen molar-refractivity contribution in [2.45, 2.75) is 19.4 Å². The van der Waals surface area contributed by atoms with Gasteiger partial charge in [-0.05, 0) is 52.7 Å². The van der Waals surface area contributed by atoms with E-state index in [9.17, 15) is 4.39 Å². The predicted molar refractivity (Wildman–Crippen MR) is 72.9 cm³/mol. The Morgan fingerprint density at radius 3 is 2.83 bits per heavy atom. The lowest BCUT2D eigenvalue weighted by atomic mass is 10.0. The van der Waals surface area contributed by atoms with E-state index in [-0.39, 0.29) is 11.9 Å². The Morgan fingerprint density at radius 1 is 1.39 bits per heavy atom. The minimum absolute atomic E-state index is 0.0613. The molecule has 2 rings (SSSR count). The SMILES string of the molecule is CCCNC(c1cccc(F)c1)c1ccoc1Br. The molecule has 0 radical (unpaired) electrons. The highest BCUT2D eigenvalue weighted by Gasteiger charge is 2.18. The van der Waals surface area contributed by atoms with Crippen LogP contribution in [0.25, 0.3) is 0 Å². The van der Waals surface area contributed by atoms with E-state index < -0.39 is 0 Å². The van der Waals surface area contributed by atoms with Crippen molar-refractivity contribution in [2.75, 3.05) is 6.54 Å². The summed E-state index contributed by atoms with van der Waals surface area (Å²) in [4.78, 5) is 0.